The predicted molar refractivity (Wildman–Crippen MR) is 97.7 cm³/mol. The second kappa shape index (κ2) is 9.27. The molecular weight excluding hydrogens is 437 g/mol. The number of benzene rings is 3. The van der Waals surface area contributed by atoms with Gasteiger partial charge < -0.3 is 0 Å². The number of hydrogen-bond donors (Lipinski definition) is 0. The van der Waals surface area contributed by atoms with E-state index >= 15 is 0 Å². The summed E-state index contributed by atoms with van der Waals surface area (Å²) >= 11 is 4.45. The average Bonchev–Trinajstić information content (AvgIpc) is 2.62. The van der Waals surface area contributed by atoms with Crippen LogP contribution in [0.1, 0.15) is 11.1 Å². The smallest absolute Gasteiger partial charge is 0.206 e. The molecule has 1 radical (unpaired) electrons. The Bertz CT molecular complexity index is 992. The molecule has 0 saturated carbocycles. The van der Waals surface area contributed by atoms with Gasteiger partial charge in [0.2, 0.25) is 0 Å². The number of rotatable bonds is 2. The maximum atomic E-state index is 14.2. The van der Waals surface area contributed by atoms with Crippen LogP contribution in [-0.2, 0) is 19.5 Å². The van der Waals surface area contributed by atoms with E-state index in [2.05, 4.69) is 40.3 Å². The van der Waals surface area contributed by atoms with Crippen molar-refractivity contribution in [3.8, 4) is 23.0 Å². The molecule has 0 unspecified atom stereocenters. The summed E-state index contributed by atoms with van der Waals surface area (Å²) in [5.74, 6) is 4.62. The molecule has 0 N–H and O–H groups in total. The Balaban J connectivity index is 0.00000243. The van der Waals surface area contributed by atoms with Crippen molar-refractivity contribution in [2.45, 2.75) is 0 Å². The molecule has 127 valence electrons. The van der Waals surface area contributed by atoms with Crippen molar-refractivity contribution >= 4 is 23.1 Å². The minimum atomic E-state index is -0.705. The van der Waals surface area contributed by atoms with Crippen molar-refractivity contribution in [1.82, 2.24) is 0 Å². The van der Waals surface area contributed by atoms with Gasteiger partial charge in [0.1, 0.15) is 11.6 Å². The van der Waals surface area contributed by atoms with Crippen molar-refractivity contribution in [3.63, 3.8) is 0 Å². The van der Waals surface area contributed by atoms with Gasteiger partial charge in [-0.1, -0.05) is 29.5 Å². The van der Waals surface area contributed by atoms with E-state index in [0.29, 0.717) is 5.56 Å². The van der Waals surface area contributed by atoms with E-state index in [9.17, 15) is 8.78 Å². The first-order valence-electron chi connectivity index (χ1n) is 7.33. The quantitative estimate of drug-likeness (QED) is 0.165. The van der Waals surface area contributed by atoms with Crippen LogP contribution in [0.4, 0.5) is 14.5 Å². The van der Waals surface area contributed by atoms with E-state index in [0.717, 1.165) is 23.3 Å². The van der Waals surface area contributed by atoms with Gasteiger partial charge in [-0.25, -0.2) is 8.78 Å². The summed E-state index contributed by atoms with van der Waals surface area (Å²) in [5.41, 5.74) is 2.03. The molecule has 0 bridgehead atoms. The van der Waals surface area contributed by atoms with E-state index in [1.54, 1.807) is 36.4 Å². The molecule has 0 aromatic heterocycles. The van der Waals surface area contributed by atoms with Gasteiger partial charge in [-0.2, -0.15) is 35.3 Å². The zero-order valence-corrected chi connectivity index (χ0v) is 15.8. The largest absolute Gasteiger partial charge is 1.00 e. The van der Waals surface area contributed by atoms with Gasteiger partial charge in [-0.15, -0.1) is 0 Å². The van der Waals surface area contributed by atoms with Crippen LogP contribution in [0.5, 0.6) is 0 Å². The second-order valence-electron chi connectivity index (χ2n) is 5.10. The van der Waals surface area contributed by atoms with Gasteiger partial charge in [-0.3, -0.25) is 0 Å². The molecule has 1 nitrogen and oxygen atoms in total. The summed E-state index contributed by atoms with van der Waals surface area (Å²) in [5, 5.41) is 2.09. The third-order valence-electron chi connectivity index (χ3n) is 3.44. The number of aliphatic imine (C=N–C) groups is 1. The molecule has 0 aliphatic carbocycles. The third-order valence-corrected chi connectivity index (χ3v) is 3.54. The van der Waals surface area contributed by atoms with Crippen LogP contribution >= 0.6 is 12.2 Å². The van der Waals surface area contributed by atoms with E-state index in [1.165, 1.54) is 0 Å². The molecule has 0 aliphatic rings. The fraction of sp³-hybridized carbons (Fsp3) is 0. The Morgan fingerprint density at radius 2 is 1.38 bits per heavy atom. The molecule has 0 fully saturated rings. The first-order chi connectivity index (χ1) is 12.2. The topological polar surface area (TPSA) is 12.4 Å². The summed E-state index contributed by atoms with van der Waals surface area (Å²) in [7, 11) is 0. The molecule has 0 amide bonds. The summed E-state index contributed by atoms with van der Waals surface area (Å²) in [6.07, 6.45) is 0. The van der Waals surface area contributed by atoms with Crippen molar-refractivity contribution in [2.75, 3.05) is 0 Å². The summed E-state index contributed by atoms with van der Waals surface area (Å²) in [6, 6.07) is 19.2. The van der Waals surface area contributed by atoms with Crippen molar-refractivity contribution < 1.29 is 28.3 Å². The first-order valence-corrected chi connectivity index (χ1v) is 7.73. The molecule has 0 spiro atoms. The standard InChI is InChI=1S/C21H10F2NS.Ru/c22-19-12-18(24-14-25)13-20(23)21(19)17-10-8-16(9-11-17)7-6-15-4-2-1-3-5-15;/h2-5,8-13H;/q-1;+1. The molecule has 3 aromatic carbocycles. The van der Waals surface area contributed by atoms with Gasteiger partial charge in [0.05, 0.1) is 16.4 Å². The summed E-state index contributed by atoms with van der Waals surface area (Å²) in [4.78, 5) is 3.59. The monoisotopic (exact) mass is 448 g/mol. The van der Waals surface area contributed by atoms with Crippen molar-refractivity contribution in [2.24, 2.45) is 4.99 Å². The van der Waals surface area contributed by atoms with Gasteiger partial charge in [0.15, 0.2) is 0 Å². The number of hydrogen-bond acceptors (Lipinski definition) is 2. The third kappa shape index (κ3) is 4.78. The number of thiocarbonyl (C=S) groups is 1. The van der Waals surface area contributed by atoms with Gasteiger partial charge in [0.25, 0.3) is 0 Å². The molecule has 0 heterocycles. The molecule has 0 saturated heterocycles. The number of isothiocyanates is 1. The Morgan fingerprint density at radius 3 is 1.92 bits per heavy atom. The van der Waals surface area contributed by atoms with Crippen LogP contribution in [0.25, 0.3) is 11.1 Å². The molecular formula is C21H10F2NRuS. The van der Waals surface area contributed by atoms with Gasteiger partial charge >= 0.3 is 19.5 Å². The predicted octanol–water partition coefficient (Wildman–Crippen LogP) is 5.56. The molecule has 0 atom stereocenters. The average molecular weight is 447 g/mol. The normalized spacial score (nSPS) is 9.31. The molecule has 3 rings (SSSR count). The Morgan fingerprint density at radius 1 is 0.846 bits per heavy atom. The van der Waals surface area contributed by atoms with E-state index in [-0.39, 0.29) is 30.7 Å². The number of halogens is 2. The summed E-state index contributed by atoms with van der Waals surface area (Å²) in [6.45, 7) is 0. The van der Waals surface area contributed by atoms with Crippen LogP contribution in [0.3, 0.4) is 0 Å². The zero-order valence-electron chi connectivity index (χ0n) is 13.2. The SMILES string of the molecule is Fc1cc(N=C=S)cc(F)c1-c1ccc(C#Cc2cc[c-]cc2)cc1.[Ru+]. The second-order valence-corrected chi connectivity index (χ2v) is 5.29. The fourth-order valence-electron chi connectivity index (χ4n) is 2.29. The van der Waals surface area contributed by atoms with Crippen LogP contribution in [0.15, 0.2) is 65.7 Å². The van der Waals surface area contributed by atoms with Crippen molar-refractivity contribution in [3.05, 3.63) is 89.5 Å². The van der Waals surface area contributed by atoms with E-state index < -0.39 is 11.6 Å². The molecule has 5 heteroatoms. The maximum absolute atomic E-state index is 14.2. The Kier molecular flexibility index (Phi) is 7.07. The fourth-order valence-corrected chi connectivity index (χ4v) is 2.39. The van der Waals surface area contributed by atoms with Crippen LogP contribution in [0, 0.1) is 29.5 Å². The molecule has 26 heavy (non-hydrogen) atoms. The molecule has 3 aromatic rings. The van der Waals surface area contributed by atoms with E-state index in [1.807, 2.05) is 12.1 Å². The van der Waals surface area contributed by atoms with Crippen LogP contribution in [0.2, 0.25) is 0 Å². The zero-order chi connectivity index (χ0) is 17.6. The minimum absolute atomic E-state index is 0. The Labute approximate surface area is 168 Å². The summed E-state index contributed by atoms with van der Waals surface area (Å²) < 4.78 is 28.4. The van der Waals surface area contributed by atoms with Crippen molar-refractivity contribution in [1.29, 1.82) is 0 Å². The van der Waals surface area contributed by atoms with Crippen LogP contribution < -0.4 is 0 Å². The molecule has 0 aliphatic heterocycles. The number of nitrogens with zero attached hydrogens (tertiary/aromatic N) is 1. The van der Waals surface area contributed by atoms with Gasteiger partial charge in [-0.05, 0) is 29.9 Å². The van der Waals surface area contributed by atoms with Gasteiger partial charge in [0, 0.05) is 17.7 Å². The first kappa shape index (κ1) is 19.8. The Hall–Kier alpha value is -2.50. The van der Waals surface area contributed by atoms with Crippen LogP contribution in [-0.4, -0.2) is 5.16 Å². The minimum Gasteiger partial charge on any atom is -0.206 e. The van der Waals surface area contributed by atoms with E-state index in [4.69, 9.17) is 0 Å². The maximum Gasteiger partial charge on any atom is 1.00 e.